The maximum Gasteiger partial charge on any atom is 0.0682 e. The predicted molar refractivity (Wildman–Crippen MR) is 56.1 cm³/mol. The molecule has 0 unspecified atom stereocenters. The first kappa shape index (κ1) is 11.9. The first-order chi connectivity index (χ1) is 7.00. The van der Waals surface area contributed by atoms with Crippen molar-refractivity contribution in [3.63, 3.8) is 0 Å². The van der Waals surface area contributed by atoms with Crippen molar-refractivity contribution in [1.29, 1.82) is 0 Å². The van der Waals surface area contributed by atoms with Gasteiger partial charge in [0.2, 0.25) is 0 Å². The molecular weight excluding hydrogens is 180 g/mol. The fourth-order valence-electron chi connectivity index (χ4n) is 1.36. The van der Waals surface area contributed by atoms with Crippen LogP contribution in [0.3, 0.4) is 0 Å². The van der Waals surface area contributed by atoms with Crippen molar-refractivity contribution < 1.29 is 9.57 Å². The molecule has 2 rings (SSSR count). The smallest absolute Gasteiger partial charge is 0.0682 e. The van der Waals surface area contributed by atoms with E-state index in [1.807, 2.05) is 0 Å². The standard InChI is InChI=1S/2C5H11NO/c1-2-6-3-5-7-4-1;1-2-4-6-7-5-3-1/h2*6H,1-5H2. The van der Waals surface area contributed by atoms with Crippen molar-refractivity contribution in [3.8, 4) is 0 Å². The average Bonchev–Trinajstić information content (AvgIpc) is 2.68. The minimum Gasteiger partial charge on any atom is -0.380 e. The highest BCUT2D eigenvalue weighted by molar-refractivity contribution is 4.50. The summed E-state index contributed by atoms with van der Waals surface area (Å²) in [6, 6.07) is 0. The zero-order valence-electron chi connectivity index (χ0n) is 8.89. The van der Waals surface area contributed by atoms with Gasteiger partial charge in [-0.25, -0.2) is 5.48 Å². The lowest BCUT2D eigenvalue weighted by Gasteiger charge is -1.94. The van der Waals surface area contributed by atoms with Crippen molar-refractivity contribution >= 4 is 0 Å². The van der Waals surface area contributed by atoms with Gasteiger partial charge in [0.25, 0.3) is 0 Å². The van der Waals surface area contributed by atoms with E-state index in [2.05, 4.69) is 10.8 Å². The fraction of sp³-hybridized carbons (Fsp3) is 1.00. The molecule has 0 radical (unpaired) electrons. The third-order valence-electron chi connectivity index (χ3n) is 2.19. The van der Waals surface area contributed by atoms with Crippen LogP contribution in [-0.2, 0) is 9.57 Å². The monoisotopic (exact) mass is 202 g/mol. The summed E-state index contributed by atoms with van der Waals surface area (Å²) >= 11 is 0. The summed E-state index contributed by atoms with van der Waals surface area (Å²) in [4.78, 5) is 4.94. The molecule has 2 saturated heterocycles. The molecular formula is C10H22N2O2. The summed E-state index contributed by atoms with van der Waals surface area (Å²) in [7, 11) is 0. The SMILES string of the molecule is C1CCNOCC1.C1CNCCOC1. The largest absolute Gasteiger partial charge is 0.380 e. The van der Waals surface area contributed by atoms with Gasteiger partial charge in [0.1, 0.15) is 0 Å². The second-order valence-electron chi connectivity index (χ2n) is 3.52. The van der Waals surface area contributed by atoms with Crippen LogP contribution < -0.4 is 10.8 Å². The van der Waals surface area contributed by atoms with E-state index in [4.69, 9.17) is 9.57 Å². The molecule has 0 saturated carbocycles. The Kier molecular flexibility index (Phi) is 8.00. The quantitative estimate of drug-likeness (QED) is 0.606. The van der Waals surface area contributed by atoms with Crippen LogP contribution in [0, 0.1) is 0 Å². The molecule has 2 aliphatic rings. The highest BCUT2D eigenvalue weighted by Crippen LogP contribution is 1.96. The van der Waals surface area contributed by atoms with E-state index in [9.17, 15) is 0 Å². The predicted octanol–water partition coefficient (Wildman–Crippen LogP) is 0.688. The molecule has 0 atom stereocenters. The molecule has 0 aliphatic carbocycles. The molecule has 0 aromatic heterocycles. The molecule has 4 heteroatoms. The van der Waals surface area contributed by atoms with Crippen LogP contribution in [0.1, 0.15) is 25.7 Å². The van der Waals surface area contributed by atoms with E-state index in [1.165, 1.54) is 25.7 Å². The molecule has 0 aromatic carbocycles. The van der Waals surface area contributed by atoms with Gasteiger partial charge >= 0.3 is 0 Å². The third kappa shape index (κ3) is 7.26. The Hall–Kier alpha value is -0.160. The van der Waals surface area contributed by atoms with Crippen LogP contribution in [0.25, 0.3) is 0 Å². The van der Waals surface area contributed by atoms with E-state index in [0.717, 1.165) is 39.5 Å². The third-order valence-corrected chi connectivity index (χ3v) is 2.19. The van der Waals surface area contributed by atoms with Gasteiger partial charge in [-0.05, 0) is 32.2 Å². The second-order valence-corrected chi connectivity index (χ2v) is 3.52. The van der Waals surface area contributed by atoms with E-state index in [0.29, 0.717) is 0 Å². The lowest BCUT2D eigenvalue weighted by Crippen LogP contribution is -2.15. The van der Waals surface area contributed by atoms with Crippen molar-refractivity contribution in [3.05, 3.63) is 0 Å². The molecule has 0 aromatic rings. The summed E-state index contributed by atoms with van der Waals surface area (Å²) in [6.07, 6.45) is 4.96. The Labute approximate surface area is 86.3 Å². The van der Waals surface area contributed by atoms with Gasteiger partial charge in [-0.15, -0.1) is 0 Å². The molecule has 0 spiro atoms. The molecule has 2 N–H and O–H groups in total. The topological polar surface area (TPSA) is 42.5 Å². The van der Waals surface area contributed by atoms with Gasteiger partial charge in [0.05, 0.1) is 13.2 Å². The minimum absolute atomic E-state index is 0.889. The van der Waals surface area contributed by atoms with Gasteiger partial charge < -0.3 is 14.9 Å². The minimum atomic E-state index is 0.889. The van der Waals surface area contributed by atoms with Crippen molar-refractivity contribution in [2.24, 2.45) is 0 Å². The summed E-state index contributed by atoms with van der Waals surface area (Å²) < 4.78 is 5.13. The molecule has 2 heterocycles. The summed E-state index contributed by atoms with van der Waals surface area (Å²) in [6.45, 7) is 5.90. The highest BCUT2D eigenvalue weighted by atomic mass is 16.6. The van der Waals surface area contributed by atoms with E-state index >= 15 is 0 Å². The van der Waals surface area contributed by atoms with Gasteiger partial charge in [0, 0.05) is 19.7 Å². The lowest BCUT2D eigenvalue weighted by molar-refractivity contribution is 0.0525. The van der Waals surface area contributed by atoms with Crippen LogP contribution in [0.5, 0.6) is 0 Å². The number of ether oxygens (including phenoxy) is 1. The Morgan fingerprint density at radius 3 is 2.71 bits per heavy atom. The first-order valence-corrected chi connectivity index (χ1v) is 5.63. The number of hydrogen-bond donors (Lipinski definition) is 2. The number of hydrogen-bond acceptors (Lipinski definition) is 4. The Morgan fingerprint density at radius 2 is 1.71 bits per heavy atom. The second kappa shape index (κ2) is 9.40. The normalized spacial score (nSPS) is 24.0. The van der Waals surface area contributed by atoms with Crippen LogP contribution in [-0.4, -0.2) is 39.5 Å². The van der Waals surface area contributed by atoms with Crippen LogP contribution in [0.15, 0.2) is 0 Å². The van der Waals surface area contributed by atoms with Gasteiger partial charge in [-0.3, -0.25) is 0 Å². The lowest BCUT2D eigenvalue weighted by atomic mass is 10.2. The van der Waals surface area contributed by atoms with Crippen LogP contribution >= 0.6 is 0 Å². The zero-order chi connectivity index (χ0) is 9.90. The van der Waals surface area contributed by atoms with E-state index in [-0.39, 0.29) is 0 Å². The molecule has 2 aliphatic heterocycles. The van der Waals surface area contributed by atoms with Crippen molar-refractivity contribution in [2.45, 2.75) is 25.7 Å². The summed E-state index contributed by atoms with van der Waals surface area (Å²) in [5.41, 5.74) is 2.85. The molecule has 14 heavy (non-hydrogen) atoms. The van der Waals surface area contributed by atoms with E-state index < -0.39 is 0 Å². The van der Waals surface area contributed by atoms with Crippen molar-refractivity contribution in [1.82, 2.24) is 10.8 Å². The summed E-state index contributed by atoms with van der Waals surface area (Å²) in [5.74, 6) is 0. The van der Waals surface area contributed by atoms with Crippen LogP contribution in [0.4, 0.5) is 0 Å². The first-order valence-electron chi connectivity index (χ1n) is 5.63. The zero-order valence-corrected chi connectivity index (χ0v) is 8.89. The molecule has 2 fully saturated rings. The fourth-order valence-corrected chi connectivity index (χ4v) is 1.36. The molecule has 84 valence electrons. The van der Waals surface area contributed by atoms with Gasteiger partial charge in [-0.2, -0.15) is 0 Å². The maximum absolute atomic E-state index is 5.13. The number of rotatable bonds is 0. The average molecular weight is 202 g/mol. The molecule has 0 amide bonds. The highest BCUT2D eigenvalue weighted by Gasteiger charge is 1.94. The van der Waals surface area contributed by atoms with Gasteiger partial charge in [0.15, 0.2) is 0 Å². The van der Waals surface area contributed by atoms with Crippen LogP contribution in [0.2, 0.25) is 0 Å². The van der Waals surface area contributed by atoms with Crippen molar-refractivity contribution in [2.75, 3.05) is 39.5 Å². The Bertz CT molecular complexity index is 69.4. The maximum atomic E-state index is 5.13. The summed E-state index contributed by atoms with van der Waals surface area (Å²) in [5, 5.41) is 3.22. The van der Waals surface area contributed by atoms with E-state index in [1.54, 1.807) is 0 Å². The van der Waals surface area contributed by atoms with Gasteiger partial charge in [-0.1, -0.05) is 0 Å². The number of nitrogens with one attached hydrogen (secondary N) is 2. The molecule has 4 nitrogen and oxygen atoms in total. The molecule has 0 bridgehead atoms. The number of hydroxylamine groups is 1. The Morgan fingerprint density at radius 1 is 0.714 bits per heavy atom. The Balaban J connectivity index is 0.000000140.